The molecule has 1 aliphatic carbocycles. The summed E-state index contributed by atoms with van der Waals surface area (Å²) in [6.07, 6.45) is 4.34. The van der Waals surface area contributed by atoms with Crippen molar-refractivity contribution in [2.24, 2.45) is 0 Å². The third-order valence-corrected chi connectivity index (χ3v) is 3.43. The van der Waals surface area contributed by atoms with Gasteiger partial charge in [-0.15, -0.1) is 0 Å². The number of fused-ring (bicyclic) bond motifs is 1. The lowest BCUT2D eigenvalue weighted by atomic mass is 10.1. The fourth-order valence-corrected chi connectivity index (χ4v) is 2.49. The summed E-state index contributed by atoms with van der Waals surface area (Å²) in [5, 5.41) is 2.87. The Kier molecular flexibility index (Phi) is 3.06. The van der Waals surface area contributed by atoms with Crippen molar-refractivity contribution in [3.63, 3.8) is 0 Å². The van der Waals surface area contributed by atoms with Gasteiger partial charge in [-0.25, -0.2) is 14.4 Å². The molecule has 0 radical (unpaired) electrons. The molecule has 1 heterocycles. The molecule has 5 nitrogen and oxygen atoms in total. The fraction of sp³-hybridized carbons (Fsp3) is 0.214. The van der Waals surface area contributed by atoms with Gasteiger partial charge in [-0.3, -0.25) is 4.79 Å². The van der Waals surface area contributed by atoms with E-state index >= 15 is 0 Å². The Bertz CT molecular complexity index is 674. The van der Waals surface area contributed by atoms with Crippen molar-refractivity contribution in [3.8, 4) is 0 Å². The maximum Gasteiger partial charge on any atom is 0.274 e. The molecule has 1 aromatic heterocycles. The minimum absolute atomic E-state index is 0.0994. The highest BCUT2D eigenvalue weighted by Crippen LogP contribution is 2.31. The van der Waals surface area contributed by atoms with Gasteiger partial charge in [0.05, 0.1) is 6.04 Å². The molecule has 3 rings (SSSR count). The first-order valence-corrected chi connectivity index (χ1v) is 6.31. The average Bonchev–Trinajstić information content (AvgIpc) is 2.81. The minimum atomic E-state index is -0.363. The number of amides is 1. The second-order valence-electron chi connectivity index (χ2n) is 4.70. The largest absolute Gasteiger partial charge is 0.382 e. The second-order valence-corrected chi connectivity index (χ2v) is 4.70. The monoisotopic (exact) mass is 272 g/mol. The molecule has 1 aliphatic rings. The molecule has 0 fully saturated rings. The van der Waals surface area contributed by atoms with Crippen molar-refractivity contribution in [1.29, 1.82) is 0 Å². The van der Waals surface area contributed by atoms with E-state index in [4.69, 9.17) is 5.73 Å². The highest BCUT2D eigenvalue weighted by molar-refractivity contribution is 5.96. The van der Waals surface area contributed by atoms with Crippen molar-refractivity contribution in [3.05, 3.63) is 53.2 Å². The van der Waals surface area contributed by atoms with Crippen molar-refractivity contribution in [1.82, 2.24) is 15.3 Å². The number of benzene rings is 1. The number of anilines is 1. The van der Waals surface area contributed by atoms with Crippen LogP contribution in [0.5, 0.6) is 0 Å². The van der Waals surface area contributed by atoms with Crippen LogP contribution in [0.1, 0.15) is 34.1 Å². The fourth-order valence-electron chi connectivity index (χ4n) is 2.49. The lowest BCUT2D eigenvalue weighted by molar-refractivity contribution is 0.0932. The standard InChI is InChI=1S/C14H13FN4O/c15-9-2-3-10-8(7-9)1-4-11(10)19-14(20)12-13(16)18-6-5-17-12/h2-3,5-7,11H,1,4H2,(H2,16,18)(H,19,20)/t11-/m0/s1. The van der Waals surface area contributed by atoms with E-state index in [9.17, 15) is 9.18 Å². The SMILES string of the molecule is Nc1nccnc1C(=O)N[C@H]1CCc2cc(F)ccc21. The topological polar surface area (TPSA) is 80.9 Å². The van der Waals surface area contributed by atoms with Gasteiger partial charge in [-0.05, 0) is 36.1 Å². The van der Waals surface area contributed by atoms with Gasteiger partial charge in [0.1, 0.15) is 5.82 Å². The highest BCUT2D eigenvalue weighted by Gasteiger charge is 2.25. The molecule has 102 valence electrons. The Morgan fingerprint density at radius 2 is 2.15 bits per heavy atom. The average molecular weight is 272 g/mol. The summed E-state index contributed by atoms with van der Waals surface area (Å²) in [7, 11) is 0. The molecule has 20 heavy (non-hydrogen) atoms. The number of hydrogen-bond acceptors (Lipinski definition) is 4. The third kappa shape index (κ3) is 2.20. The van der Waals surface area contributed by atoms with E-state index in [0.717, 1.165) is 24.0 Å². The summed E-state index contributed by atoms with van der Waals surface area (Å²) in [5.41, 5.74) is 7.62. The van der Waals surface area contributed by atoms with Gasteiger partial charge < -0.3 is 11.1 Å². The van der Waals surface area contributed by atoms with Crippen molar-refractivity contribution in [2.75, 3.05) is 5.73 Å². The zero-order valence-electron chi connectivity index (χ0n) is 10.6. The van der Waals surface area contributed by atoms with Gasteiger partial charge in [-0.2, -0.15) is 0 Å². The summed E-state index contributed by atoms with van der Waals surface area (Å²) in [6.45, 7) is 0. The first-order valence-electron chi connectivity index (χ1n) is 6.31. The molecular formula is C14H13FN4O. The Labute approximate surface area is 115 Å². The van der Waals surface area contributed by atoms with Gasteiger partial charge >= 0.3 is 0 Å². The number of nitrogens with zero attached hydrogens (tertiary/aromatic N) is 2. The Morgan fingerprint density at radius 1 is 1.35 bits per heavy atom. The lowest BCUT2D eigenvalue weighted by Gasteiger charge is -2.14. The Hall–Kier alpha value is -2.50. The van der Waals surface area contributed by atoms with Crippen LogP contribution in [0, 0.1) is 5.82 Å². The summed E-state index contributed by atoms with van der Waals surface area (Å²) in [6, 6.07) is 4.49. The summed E-state index contributed by atoms with van der Waals surface area (Å²) in [4.78, 5) is 19.9. The van der Waals surface area contributed by atoms with Crippen LogP contribution in [0.15, 0.2) is 30.6 Å². The van der Waals surface area contributed by atoms with Crippen molar-refractivity contribution >= 4 is 11.7 Å². The van der Waals surface area contributed by atoms with Crippen LogP contribution in [0.3, 0.4) is 0 Å². The van der Waals surface area contributed by atoms with Gasteiger partial charge in [0.2, 0.25) is 0 Å². The quantitative estimate of drug-likeness (QED) is 0.870. The van der Waals surface area contributed by atoms with Crippen molar-refractivity contribution in [2.45, 2.75) is 18.9 Å². The number of nitrogens with one attached hydrogen (secondary N) is 1. The smallest absolute Gasteiger partial charge is 0.274 e. The molecule has 1 amide bonds. The molecule has 0 saturated carbocycles. The van der Waals surface area contributed by atoms with Crippen LogP contribution >= 0.6 is 0 Å². The minimum Gasteiger partial charge on any atom is -0.382 e. The van der Waals surface area contributed by atoms with E-state index in [2.05, 4.69) is 15.3 Å². The predicted molar refractivity (Wildman–Crippen MR) is 71.4 cm³/mol. The zero-order chi connectivity index (χ0) is 14.1. The third-order valence-electron chi connectivity index (χ3n) is 3.43. The number of carbonyl (C=O) groups excluding carboxylic acids is 1. The lowest BCUT2D eigenvalue weighted by Crippen LogP contribution is -2.28. The molecule has 6 heteroatoms. The van der Waals surface area contributed by atoms with E-state index in [0.29, 0.717) is 0 Å². The maximum atomic E-state index is 13.1. The summed E-state index contributed by atoms with van der Waals surface area (Å²) in [5.74, 6) is -0.519. The molecule has 0 saturated heterocycles. The van der Waals surface area contributed by atoms with Crippen molar-refractivity contribution < 1.29 is 9.18 Å². The van der Waals surface area contributed by atoms with Crippen LogP contribution in [0.25, 0.3) is 0 Å². The Balaban J connectivity index is 1.81. The highest BCUT2D eigenvalue weighted by atomic mass is 19.1. The zero-order valence-corrected chi connectivity index (χ0v) is 10.6. The maximum absolute atomic E-state index is 13.1. The van der Waals surface area contributed by atoms with Gasteiger partial charge in [-0.1, -0.05) is 6.07 Å². The van der Waals surface area contributed by atoms with Crippen LogP contribution in [0.4, 0.5) is 10.2 Å². The number of nitrogen functional groups attached to an aromatic ring is 1. The predicted octanol–water partition coefficient (Wildman–Crippen LogP) is 1.62. The van der Waals surface area contributed by atoms with Gasteiger partial charge in [0.15, 0.2) is 11.5 Å². The number of aryl methyl sites for hydroxylation is 1. The van der Waals surface area contributed by atoms with Gasteiger partial charge in [0, 0.05) is 12.4 Å². The van der Waals surface area contributed by atoms with E-state index < -0.39 is 0 Å². The first kappa shape index (κ1) is 12.5. The van der Waals surface area contributed by atoms with Crippen LogP contribution in [-0.2, 0) is 6.42 Å². The molecule has 0 spiro atoms. The number of aromatic nitrogens is 2. The molecule has 0 aliphatic heterocycles. The molecule has 3 N–H and O–H groups in total. The van der Waals surface area contributed by atoms with E-state index in [1.807, 2.05) is 0 Å². The molecular weight excluding hydrogens is 259 g/mol. The van der Waals surface area contributed by atoms with E-state index in [-0.39, 0.29) is 29.3 Å². The van der Waals surface area contributed by atoms with Crippen LogP contribution in [0.2, 0.25) is 0 Å². The molecule has 1 aromatic carbocycles. The number of hydrogen-bond donors (Lipinski definition) is 2. The summed E-state index contributed by atoms with van der Waals surface area (Å²) < 4.78 is 13.1. The van der Waals surface area contributed by atoms with E-state index in [1.165, 1.54) is 24.5 Å². The molecule has 0 unspecified atom stereocenters. The summed E-state index contributed by atoms with van der Waals surface area (Å²) >= 11 is 0. The number of nitrogens with two attached hydrogens (primary N) is 1. The molecule has 2 aromatic rings. The number of carbonyl (C=O) groups is 1. The van der Waals surface area contributed by atoms with Crippen LogP contribution < -0.4 is 11.1 Å². The van der Waals surface area contributed by atoms with E-state index in [1.54, 1.807) is 6.07 Å². The van der Waals surface area contributed by atoms with Crippen LogP contribution in [-0.4, -0.2) is 15.9 Å². The number of rotatable bonds is 2. The normalized spacial score (nSPS) is 16.8. The number of halogens is 1. The second kappa shape index (κ2) is 4.88. The molecule has 1 atom stereocenters. The Morgan fingerprint density at radius 3 is 2.95 bits per heavy atom. The molecule has 0 bridgehead atoms. The van der Waals surface area contributed by atoms with Gasteiger partial charge in [0.25, 0.3) is 5.91 Å². The first-order chi connectivity index (χ1) is 9.65.